The van der Waals surface area contributed by atoms with Crippen LogP contribution in [-0.4, -0.2) is 31.4 Å². The quantitative estimate of drug-likeness (QED) is 0.515. The highest BCUT2D eigenvalue weighted by molar-refractivity contribution is 5.88. The average Bonchev–Trinajstić information content (AvgIpc) is 2.91. The highest BCUT2D eigenvalue weighted by Gasteiger charge is 2.25. The van der Waals surface area contributed by atoms with Gasteiger partial charge in [0.2, 0.25) is 0 Å². The van der Waals surface area contributed by atoms with Crippen LogP contribution in [0.2, 0.25) is 0 Å². The molecule has 0 amide bonds. The Bertz CT molecular complexity index is 818. The maximum absolute atomic E-state index is 12.5. The normalized spacial score (nSPS) is 11.6. The molecule has 8 nitrogen and oxygen atoms in total. The van der Waals surface area contributed by atoms with Crippen LogP contribution in [0.1, 0.15) is 56.7 Å². The van der Waals surface area contributed by atoms with Gasteiger partial charge in [0.05, 0.1) is 16.3 Å². The Labute approximate surface area is 145 Å². The molecule has 0 aliphatic rings. The predicted molar refractivity (Wildman–Crippen MR) is 91.1 cm³/mol. The maximum Gasteiger partial charge on any atom is 0.357 e. The number of aromatic nitrogens is 2. The molecular formula is C17H21N3O5. The number of carbonyl (C=O) groups excluding carboxylic acids is 1. The number of phenolic OH excluding ortho intramolecular Hbond substituents is 1. The van der Waals surface area contributed by atoms with Gasteiger partial charge in [0.1, 0.15) is 5.60 Å². The molecule has 0 bridgehead atoms. The van der Waals surface area contributed by atoms with E-state index in [1.165, 1.54) is 22.9 Å². The first-order chi connectivity index (χ1) is 11.5. The molecule has 0 spiro atoms. The number of hydrogen-bond acceptors (Lipinski definition) is 6. The van der Waals surface area contributed by atoms with Crippen molar-refractivity contribution in [2.45, 2.75) is 46.1 Å². The van der Waals surface area contributed by atoms with Crippen LogP contribution in [0.5, 0.6) is 5.75 Å². The smallest absolute Gasteiger partial charge is 0.357 e. The van der Waals surface area contributed by atoms with Crippen LogP contribution in [0.25, 0.3) is 5.69 Å². The van der Waals surface area contributed by atoms with Crippen molar-refractivity contribution in [3.63, 3.8) is 0 Å². The van der Waals surface area contributed by atoms with E-state index < -0.39 is 27.9 Å². The molecule has 0 aliphatic carbocycles. The van der Waals surface area contributed by atoms with E-state index in [4.69, 9.17) is 4.74 Å². The lowest BCUT2D eigenvalue weighted by atomic mass is 10.1. The van der Waals surface area contributed by atoms with Crippen molar-refractivity contribution in [2.75, 3.05) is 0 Å². The Morgan fingerprint density at radius 3 is 2.48 bits per heavy atom. The molecule has 1 aromatic carbocycles. The van der Waals surface area contributed by atoms with E-state index in [0.29, 0.717) is 5.69 Å². The summed E-state index contributed by atoms with van der Waals surface area (Å²) in [4.78, 5) is 22.9. The fourth-order valence-corrected chi connectivity index (χ4v) is 2.14. The molecule has 2 rings (SSSR count). The minimum absolute atomic E-state index is 0.0505. The summed E-state index contributed by atoms with van der Waals surface area (Å²) in [5.74, 6) is -0.985. The number of nitrogens with zero attached hydrogens (tertiary/aromatic N) is 3. The van der Waals surface area contributed by atoms with Gasteiger partial charge in [-0.2, -0.15) is 5.10 Å². The van der Waals surface area contributed by atoms with E-state index in [1.54, 1.807) is 26.8 Å². The van der Waals surface area contributed by atoms with E-state index >= 15 is 0 Å². The Morgan fingerprint density at radius 1 is 1.32 bits per heavy atom. The van der Waals surface area contributed by atoms with Gasteiger partial charge in [-0.15, -0.1) is 0 Å². The first kappa shape index (κ1) is 18.4. The molecule has 0 saturated heterocycles. The van der Waals surface area contributed by atoms with Crippen molar-refractivity contribution in [1.29, 1.82) is 0 Å². The summed E-state index contributed by atoms with van der Waals surface area (Å²) in [5, 5.41) is 25.0. The van der Waals surface area contributed by atoms with Gasteiger partial charge in [-0.1, -0.05) is 13.8 Å². The van der Waals surface area contributed by atoms with Gasteiger partial charge >= 0.3 is 11.7 Å². The molecule has 0 fully saturated rings. The van der Waals surface area contributed by atoms with E-state index in [9.17, 15) is 20.0 Å². The topological polar surface area (TPSA) is 107 Å². The van der Waals surface area contributed by atoms with Crippen LogP contribution in [0.15, 0.2) is 24.3 Å². The van der Waals surface area contributed by atoms with Crippen molar-refractivity contribution in [3.8, 4) is 11.4 Å². The Morgan fingerprint density at radius 2 is 1.96 bits per heavy atom. The SMILES string of the molecule is CC(C)c1cc(C(=O)OC(C)(C)C)n(-c2ccc(O)c([N+](=O)[O-])c2)n1. The second-order valence-electron chi connectivity index (χ2n) is 6.95. The molecule has 0 unspecified atom stereocenters. The van der Waals surface area contributed by atoms with Crippen molar-refractivity contribution < 1.29 is 19.6 Å². The third kappa shape index (κ3) is 4.14. The maximum atomic E-state index is 12.5. The first-order valence-corrected chi connectivity index (χ1v) is 7.80. The Balaban J connectivity index is 2.58. The van der Waals surface area contributed by atoms with Gasteiger partial charge in [-0.05, 0) is 44.9 Å². The van der Waals surface area contributed by atoms with E-state index in [-0.39, 0.29) is 17.3 Å². The summed E-state index contributed by atoms with van der Waals surface area (Å²) < 4.78 is 6.70. The van der Waals surface area contributed by atoms with Crippen molar-refractivity contribution in [2.24, 2.45) is 0 Å². The van der Waals surface area contributed by atoms with Crippen LogP contribution >= 0.6 is 0 Å². The van der Waals surface area contributed by atoms with Crippen molar-refractivity contribution >= 4 is 11.7 Å². The summed E-state index contributed by atoms with van der Waals surface area (Å²) in [6.07, 6.45) is 0. The lowest BCUT2D eigenvalue weighted by Crippen LogP contribution is -2.25. The Kier molecular flexibility index (Phi) is 4.82. The second kappa shape index (κ2) is 6.54. The van der Waals surface area contributed by atoms with Gasteiger partial charge < -0.3 is 9.84 Å². The Hall–Kier alpha value is -2.90. The number of esters is 1. The highest BCUT2D eigenvalue weighted by atomic mass is 16.6. The molecule has 0 saturated carbocycles. The number of rotatable bonds is 4. The van der Waals surface area contributed by atoms with E-state index in [0.717, 1.165) is 0 Å². The zero-order valence-electron chi connectivity index (χ0n) is 14.8. The number of nitro benzene ring substituents is 1. The monoisotopic (exact) mass is 347 g/mol. The molecule has 134 valence electrons. The molecule has 8 heteroatoms. The largest absolute Gasteiger partial charge is 0.502 e. The number of carbonyl (C=O) groups is 1. The molecule has 0 aliphatic heterocycles. The van der Waals surface area contributed by atoms with Gasteiger partial charge in [0, 0.05) is 6.07 Å². The van der Waals surface area contributed by atoms with Crippen LogP contribution in [-0.2, 0) is 4.74 Å². The van der Waals surface area contributed by atoms with Gasteiger partial charge in [-0.3, -0.25) is 10.1 Å². The minimum atomic E-state index is -0.696. The fourth-order valence-electron chi connectivity index (χ4n) is 2.14. The zero-order valence-corrected chi connectivity index (χ0v) is 14.8. The standard InChI is InChI=1S/C17H21N3O5/c1-10(2)12-9-14(16(22)25-17(3,4)5)19(18-12)11-6-7-15(21)13(8-11)20(23)24/h6-10,21H,1-5H3. The lowest BCUT2D eigenvalue weighted by Gasteiger charge is -2.19. The van der Waals surface area contributed by atoms with Crippen molar-refractivity contribution in [1.82, 2.24) is 9.78 Å². The van der Waals surface area contributed by atoms with Gasteiger partial charge in [0.25, 0.3) is 0 Å². The van der Waals surface area contributed by atoms with E-state index in [1.807, 2.05) is 13.8 Å². The number of phenols is 1. The zero-order chi connectivity index (χ0) is 18.9. The van der Waals surface area contributed by atoms with E-state index in [2.05, 4.69) is 5.10 Å². The van der Waals surface area contributed by atoms with Gasteiger partial charge in [0.15, 0.2) is 11.4 Å². The first-order valence-electron chi connectivity index (χ1n) is 7.80. The second-order valence-corrected chi connectivity index (χ2v) is 6.95. The van der Waals surface area contributed by atoms with Crippen molar-refractivity contribution in [3.05, 3.63) is 45.8 Å². The molecule has 1 heterocycles. The third-order valence-corrected chi connectivity index (χ3v) is 3.33. The lowest BCUT2D eigenvalue weighted by molar-refractivity contribution is -0.385. The minimum Gasteiger partial charge on any atom is -0.502 e. The molecular weight excluding hydrogens is 326 g/mol. The molecule has 1 aromatic heterocycles. The molecule has 2 aromatic rings. The predicted octanol–water partition coefficient (Wildman–Crippen LogP) is 3.56. The van der Waals surface area contributed by atoms with Crippen LogP contribution in [0.3, 0.4) is 0 Å². The summed E-state index contributed by atoms with van der Waals surface area (Å²) in [7, 11) is 0. The van der Waals surface area contributed by atoms with Crippen LogP contribution in [0.4, 0.5) is 5.69 Å². The highest BCUT2D eigenvalue weighted by Crippen LogP contribution is 2.29. The van der Waals surface area contributed by atoms with Crippen LogP contribution < -0.4 is 0 Å². The molecule has 0 atom stereocenters. The summed E-state index contributed by atoms with van der Waals surface area (Å²) in [5.41, 5.74) is -0.0489. The number of ether oxygens (including phenoxy) is 1. The third-order valence-electron chi connectivity index (χ3n) is 3.33. The summed E-state index contributed by atoms with van der Waals surface area (Å²) >= 11 is 0. The summed E-state index contributed by atoms with van der Waals surface area (Å²) in [6.45, 7) is 9.09. The number of nitro groups is 1. The molecule has 0 radical (unpaired) electrons. The number of benzene rings is 1. The number of aromatic hydroxyl groups is 1. The van der Waals surface area contributed by atoms with Gasteiger partial charge in [-0.25, -0.2) is 9.48 Å². The fraction of sp³-hybridized carbons (Fsp3) is 0.412. The molecule has 25 heavy (non-hydrogen) atoms. The summed E-state index contributed by atoms with van der Waals surface area (Å²) in [6, 6.07) is 5.42. The molecule has 1 N–H and O–H groups in total. The van der Waals surface area contributed by atoms with Crippen LogP contribution in [0, 0.1) is 10.1 Å². The average molecular weight is 347 g/mol. The number of hydrogen-bond donors (Lipinski definition) is 1.